The first-order valence-electron chi connectivity index (χ1n) is 4.17. The Morgan fingerprint density at radius 2 is 2.33 bits per heavy atom. The molecule has 0 bridgehead atoms. The van der Waals surface area contributed by atoms with E-state index in [1.54, 1.807) is 13.0 Å². The first-order valence-corrected chi connectivity index (χ1v) is 4.96. The largest absolute Gasteiger partial charge is 0.496 e. The van der Waals surface area contributed by atoms with Crippen molar-refractivity contribution in [3.05, 3.63) is 27.5 Å². The molecule has 1 aromatic carbocycles. The number of ether oxygens (including phenoxy) is 1. The van der Waals surface area contributed by atoms with E-state index in [9.17, 15) is 9.18 Å². The first-order chi connectivity index (χ1) is 7.11. The number of benzene rings is 1. The normalized spacial score (nSPS) is 9.60. The molecule has 3 nitrogen and oxygen atoms in total. The second-order valence-corrected chi connectivity index (χ2v) is 3.76. The lowest BCUT2D eigenvalue weighted by Crippen LogP contribution is -1.99. The van der Waals surface area contributed by atoms with Crippen molar-refractivity contribution in [3.8, 4) is 5.75 Å². The van der Waals surface area contributed by atoms with E-state index in [1.807, 2.05) is 0 Å². The number of aryl methyl sites for hydroxylation is 1. The molecule has 1 aromatic rings. The lowest BCUT2D eigenvalue weighted by atomic mass is 10.1. The third-order valence-corrected chi connectivity index (χ3v) is 2.53. The average molecular weight is 274 g/mol. The van der Waals surface area contributed by atoms with Gasteiger partial charge in [-0.25, -0.2) is 14.2 Å². The predicted molar refractivity (Wildman–Crippen MR) is 57.2 cm³/mol. The lowest BCUT2D eigenvalue weighted by molar-refractivity contribution is 0.401. The van der Waals surface area contributed by atoms with Gasteiger partial charge in [0.15, 0.2) is 0 Å². The zero-order valence-corrected chi connectivity index (χ0v) is 9.89. The average Bonchev–Trinajstić information content (AvgIpc) is 2.21. The van der Waals surface area contributed by atoms with Gasteiger partial charge in [-0.2, -0.15) is 0 Å². The van der Waals surface area contributed by atoms with Crippen LogP contribution in [0.1, 0.15) is 11.1 Å². The van der Waals surface area contributed by atoms with Gasteiger partial charge in [-0.15, -0.1) is 0 Å². The Morgan fingerprint density at radius 1 is 1.67 bits per heavy atom. The number of hydrogen-bond acceptors (Lipinski definition) is 3. The topological polar surface area (TPSA) is 38.7 Å². The van der Waals surface area contributed by atoms with Gasteiger partial charge in [0.25, 0.3) is 0 Å². The van der Waals surface area contributed by atoms with Crippen LogP contribution in [0.4, 0.5) is 4.39 Å². The maximum absolute atomic E-state index is 13.6. The number of nitrogens with zero attached hydrogens (tertiary/aromatic N) is 1. The molecule has 5 heteroatoms. The van der Waals surface area contributed by atoms with E-state index in [-0.39, 0.29) is 12.1 Å². The Labute approximate surface area is 95.1 Å². The van der Waals surface area contributed by atoms with Crippen molar-refractivity contribution >= 4 is 22.0 Å². The molecule has 80 valence electrons. The molecule has 0 saturated heterocycles. The monoisotopic (exact) mass is 273 g/mol. The highest BCUT2D eigenvalue weighted by atomic mass is 79.9. The highest BCUT2D eigenvalue weighted by molar-refractivity contribution is 9.10. The fourth-order valence-corrected chi connectivity index (χ4v) is 1.92. The summed E-state index contributed by atoms with van der Waals surface area (Å²) in [6.45, 7) is 1.72. The molecule has 0 aromatic heterocycles. The zero-order valence-electron chi connectivity index (χ0n) is 8.30. The number of aliphatic imine (C=N–C) groups is 1. The molecule has 0 N–H and O–H groups in total. The number of rotatable bonds is 3. The molecule has 0 amide bonds. The smallest absolute Gasteiger partial charge is 0.235 e. The molecule has 0 fully saturated rings. The minimum Gasteiger partial charge on any atom is -0.496 e. The van der Waals surface area contributed by atoms with Gasteiger partial charge in [-0.05, 0) is 34.5 Å². The summed E-state index contributed by atoms with van der Waals surface area (Å²) in [7, 11) is 1.45. The van der Waals surface area contributed by atoms with Crippen LogP contribution in [0.15, 0.2) is 15.5 Å². The van der Waals surface area contributed by atoms with Crippen molar-refractivity contribution in [2.45, 2.75) is 13.5 Å². The van der Waals surface area contributed by atoms with Crippen molar-refractivity contribution in [3.63, 3.8) is 0 Å². The van der Waals surface area contributed by atoms with E-state index in [0.29, 0.717) is 10.2 Å². The summed E-state index contributed by atoms with van der Waals surface area (Å²) in [4.78, 5) is 13.3. The predicted octanol–water partition coefficient (Wildman–Crippen LogP) is 2.74. The standard InChI is InChI=1S/C10H9BrFNO2/c1-6-3-8(11)9(12)7(4-13-5-14)10(6)15-2/h3H,4H2,1-2H3. The lowest BCUT2D eigenvalue weighted by Gasteiger charge is -2.11. The molecular weight excluding hydrogens is 265 g/mol. The van der Waals surface area contributed by atoms with Gasteiger partial charge in [0.05, 0.1) is 23.7 Å². The van der Waals surface area contributed by atoms with Gasteiger partial charge >= 0.3 is 0 Å². The Kier molecular flexibility index (Phi) is 4.00. The number of isocyanates is 1. The molecule has 0 atom stereocenters. The van der Waals surface area contributed by atoms with Crippen LogP contribution in [-0.2, 0) is 11.3 Å². The van der Waals surface area contributed by atoms with Crippen LogP contribution in [0.2, 0.25) is 0 Å². The molecule has 0 unspecified atom stereocenters. The fraction of sp³-hybridized carbons (Fsp3) is 0.300. The van der Waals surface area contributed by atoms with Crippen molar-refractivity contribution in [2.24, 2.45) is 4.99 Å². The van der Waals surface area contributed by atoms with E-state index in [1.165, 1.54) is 13.2 Å². The summed E-state index contributed by atoms with van der Waals surface area (Å²) in [5, 5.41) is 0. The van der Waals surface area contributed by atoms with Crippen molar-refractivity contribution < 1.29 is 13.9 Å². The van der Waals surface area contributed by atoms with Crippen LogP contribution in [0.3, 0.4) is 0 Å². The molecule has 0 spiro atoms. The molecule has 0 saturated carbocycles. The summed E-state index contributed by atoms with van der Waals surface area (Å²) in [6.07, 6.45) is 1.37. The molecule has 0 aliphatic carbocycles. The summed E-state index contributed by atoms with van der Waals surface area (Å²) in [5.74, 6) is -0.0499. The summed E-state index contributed by atoms with van der Waals surface area (Å²) >= 11 is 3.08. The third kappa shape index (κ3) is 2.43. The summed E-state index contributed by atoms with van der Waals surface area (Å²) < 4.78 is 19.0. The molecule has 0 heterocycles. The number of halogens is 2. The molecule has 0 radical (unpaired) electrons. The van der Waals surface area contributed by atoms with Crippen LogP contribution in [0.25, 0.3) is 0 Å². The van der Waals surface area contributed by atoms with Crippen molar-refractivity contribution in [1.82, 2.24) is 0 Å². The summed E-state index contributed by atoms with van der Waals surface area (Å²) in [6, 6.07) is 1.61. The SMILES string of the molecule is COc1c(C)cc(Br)c(F)c1CN=C=O. The van der Waals surface area contributed by atoms with Gasteiger partial charge in [0.2, 0.25) is 6.08 Å². The number of methoxy groups -OCH3 is 1. The van der Waals surface area contributed by atoms with E-state index >= 15 is 0 Å². The zero-order chi connectivity index (χ0) is 11.4. The van der Waals surface area contributed by atoms with E-state index in [4.69, 9.17) is 4.74 Å². The Balaban J connectivity index is 3.35. The number of hydrogen-bond donors (Lipinski definition) is 0. The highest BCUT2D eigenvalue weighted by Gasteiger charge is 2.15. The van der Waals surface area contributed by atoms with E-state index < -0.39 is 5.82 Å². The Bertz CT molecular complexity index is 428. The molecule has 0 aliphatic heterocycles. The van der Waals surface area contributed by atoms with Gasteiger partial charge in [0, 0.05) is 0 Å². The van der Waals surface area contributed by atoms with E-state index in [2.05, 4.69) is 20.9 Å². The fourth-order valence-electron chi connectivity index (χ4n) is 1.34. The molecular formula is C10H9BrFNO2. The Hall–Kier alpha value is -1.19. The van der Waals surface area contributed by atoms with Gasteiger partial charge < -0.3 is 4.74 Å². The third-order valence-electron chi connectivity index (χ3n) is 1.96. The second-order valence-electron chi connectivity index (χ2n) is 2.91. The van der Waals surface area contributed by atoms with E-state index in [0.717, 1.165) is 5.56 Å². The van der Waals surface area contributed by atoms with Gasteiger partial charge in [-0.1, -0.05) is 0 Å². The van der Waals surface area contributed by atoms with Crippen LogP contribution in [-0.4, -0.2) is 13.2 Å². The van der Waals surface area contributed by atoms with Crippen LogP contribution in [0, 0.1) is 12.7 Å². The summed E-state index contributed by atoms with van der Waals surface area (Å²) in [5.41, 5.74) is 1.04. The minimum atomic E-state index is -0.462. The maximum Gasteiger partial charge on any atom is 0.235 e. The highest BCUT2D eigenvalue weighted by Crippen LogP contribution is 2.31. The molecule has 15 heavy (non-hydrogen) atoms. The minimum absolute atomic E-state index is 0.0706. The quantitative estimate of drug-likeness (QED) is 0.628. The molecule has 1 rings (SSSR count). The molecule has 0 aliphatic rings. The van der Waals surface area contributed by atoms with Crippen molar-refractivity contribution in [1.29, 1.82) is 0 Å². The second kappa shape index (κ2) is 5.05. The van der Waals surface area contributed by atoms with Crippen LogP contribution < -0.4 is 4.74 Å². The van der Waals surface area contributed by atoms with Crippen LogP contribution >= 0.6 is 15.9 Å². The van der Waals surface area contributed by atoms with Gasteiger partial charge in [-0.3, -0.25) is 0 Å². The first kappa shape index (κ1) is 11.9. The van der Waals surface area contributed by atoms with Gasteiger partial charge in [0.1, 0.15) is 11.6 Å². The van der Waals surface area contributed by atoms with Crippen molar-refractivity contribution in [2.75, 3.05) is 7.11 Å². The van der Waals surface area contributed by atoms with Crippen LogP contribution in [0.5, 0.6) is 5.75 Å². The maximum atomic E-state index is 13.6. The Morgan fingerprint density at radius 3 is 2.87 bits per heavy atom. The number of carbonyl (C=O) groups excluding carboxylic acids is 1.